The predicted octanol–water partition coefficient (Wildman–Crippen LogP) is 3.41. The largest absolute Gasteiger partial charge is 0.472 e. The smallest absolute Gasteiger partial charge is 0.317 e. The number of aryl methyl sites for hydroxylation is 1. The molecule has 2 heterocycles. The Kier molecular flexibility index (Phi) is 5.20. The van der Waals surface area contributed by atoms with E-state index in [9.17, 15) is 4.79 Å². The van der Waals surface area contributed by atoms with E-state index in [1.807, 2.05) is 43.3 Å². The minimum Gasteiger partial charge on any atom is -0.472 e. The van der Waals surface area contributed by atoms with Crippen molar-refractivity contribution in [3.8, 4) is 5.88 Å². The lowest BCUT2D eigenvalue weighted by atomic mass is 10.2. The maximum Gasteiger partial charge on any atom is 0.317 e. The highest BCUT2D eigenvalue weighted by Gasteiger charge is 2.27. The van der Waals surface area contributed by atoms with Crippen LogP contribution in [0.5, 0.6) is 5.88 Å². The van der Waals surface area contributed by atoms with Gasteiger partial charge in [0.25, 0.3) is 0 Å². The maximum atomic E-state index is 12.2. The molecule has 6 heteroatoms. The number of carbonyl (C=O) groups excluding carboxylic acids is 1. The molecule has 5 nitrogen and oxygen atoms in total. The zero-order chi connectivity index (χ0) is 16.9. The van der Waals surface area contributed by atoms with Gasteiger partial charge in [-0.15, -0.1) is 0 Å². The summed E-state index contributed by atoms with van der Waals surface area (Å²) in [6, 6.07) is 11.2. The van der Waals surface area contributed by atoms with Crippen molar-refractivity contribution < 1.29 is 9.53 Å². The predicted molar refractivity (Wildman–Crippen MR) is 93.3 cm³/mol. The van der Waals surface area contributed by atoms with Crippen LogP contribution < -0.4 is 10.1 Å². The molecule has 0 spiro atoms. The van der Waals surface area contributed by atoms with Crippen LogP contribution in [-0.4, -0.2) is 35.1 Å². The summed E-state index contributed by atoms with van der Waals surface area (Å²) in [5.74, 6) is 0.606. The number of carbonyl (C=O) groups is 1. The van der Waals surface area contributed by atoms with Gasteiger partial charge in [0.1, 0.15) is 6.10 Å². The minimum absolute atomic E-state index is 0.0125. The summed E-state index contributed by atoms with van der Waals surface area (Å²) in [4.78, 5) is 18.3. The molecule has 1 aliphatic heterocycles. The van der Waals surface area contributed by atoms with Crippen LogP contribution in [0.15, 0.2) is 42.6 Å². The van der Waals surface area contributed by atoms with Gasteiger partial charge in [0, 0.05) is 36.8 Å². The van der Waals surface area contributed by atoms with Crippen molar-refractivity contribution in [2.24, 2.45) is 0 Å². The van der Waals surface area contributed by atoms with Crippen LogP contribution in [0, 0.1) is 6.92 Å². The molecule has 2 aromatic rings. The molecule has 1 atom stereocenters. The molecule has 1 fully saturated rings. The average Bonchev–Trinajstić information content (AvgIpc) is 3.05. The Morgan fingerprint density at radius 3 is 2.83 bits per heavy atom. The van der Waals surface area contributed by atoms with Crippen molar-refractivity contribution in [2.75, 3.05) is 13.1 Å². The third-order valence-corrected chi connectivity index (χ3v) is 4.21. The monoisotopic (exact) mass is 345 g/mol. The Morgan fingerprint density at radius 2 is 2.12 bits per heavy atom. The molecule has 2 amide bonds. The van der Waals surface area contributed by atoms with Crippen molar-refractivity contribution in [3.05, 3.63) is 58.7 Å². The van der Waals surface area contributed by atoms with Crippen LogP contribution in [0.1, 0.15) is 17.5 Å². The highest BCUT2D eigenvalue weighted by Crippen LogP contribution is 2.17. The molecule has 0 saturated carbocycles. The quantitative estimate of drug-likeness (QED) is 0.924. The fourth-order valence-electron chi connectivity index (χ4n) is 2.60. The lowest BCUT2D eigenvalue weighted by molar-refractivity contribution is 0.183. The van der Waals surface area contributed by atoms with Gasteiger partial charge in [0.2, 0.25) is 5.88 Å². The Morgan fingerprint density at radius 1 is 1.33 bits per heavy atom. The number of nitrogens with zero attached hydrogens (tertiary/aromatic N) is 2. The Labute approximate surface area is 146 Å². The number of amides is 2. The summed E-state index contributed by atoms with van der Waals surface area (Å²) >= 11 is 5.85. The van der Waals surface area contributed by atoms with E-state index in [-0.39, 0.29) is 12.1 Å². The molecule has 3 rings (SSSR count). The highest BCUT2D eigenvalue weighted by molar-refractivity contribution is 6.30. The Bertz CT molecular complexity index is 688. The molecule has 1 aromatic heterocycles. The molecule has 0 radical (unpaired) electrons. The van der Waals surface area contributed by atoms with Crippen LogP contribution in [0.3, 0.4) is 0 Å². The first-order valence-electron chi connectivity index (χ1n) is 7.97. The molecule has 24 heavy (non-hydrogen) atoms. The third-order valence-electron chi connectivity index (χ3n) is 3.96. The molecule has 0 aliphatic carbocycles. The maximum absolute atomic E-state index is 12.2. The van der Waals surface area contributed by atoms with Gasteiger partial charge < -0.3 is 15.0 Å². The number of ether oxygens (including phenoxy) is 1. The van der Waals surface area contributed by atoms with Crippen LogP contribution in [-0.2, 0) is 6.54 Å². The second-order valence-corrected chi connectivity index (χ2v) is 6.37. The highest BCUT2D eigenvalue weighted by atomic mass is 35.5. The second kappa shape index (κ2) is 7.53. The number of aromatic nitrogens is 1. The van der Waals surface area contributed by atoms with Crippen molar-refractivity contribution >= 4 is 17.6 Å². The molecule has 0 unspecified atom stereocenters. The SMILES string of the molecule is Cc1ccc(O[C@H]2CCN(C(=O)NCc3ccc(Cl)cc3)C2)nc1. The van der Waals surface area contributed by atoms with Crippen LogP contribution >= 0.6 is 11.6 Å². The summed E-state index contributed by atoms with van der Waals surface area (Å²) in [7, 11) is 0. The minimum atomic E-state index is -0.0760. The number of pyridine rings is 1. The average molecular weight is 346 g/mol. The first kappa shape index (κ1) is 16.6. The third kappa shape index (κ3) is 4.38. The summed E-state index contributed by atoms with van der Waals surface area (Å²) in [6.45, 7) is 3.72. The van der Waals surface area contributed by atoms with E-state index in [0.29, 0.717) is 30.5 Å². The van der Waals surface area contributed by atoms with E-state index in [2.05, 4.69) is 10.3 Å². The fourth-order valence-corrected chi connectivity index (χ4v) is 2.72. The van der Waals surface area contributed by atoms with E-state index >= 15 is 0 Å². The van der Waals surface area contributed by atoms with Crippen LogP contribution in [0.25, 0.3) is 0 Å². The number of rotatable bonds is 4. The Hall–Kier alpha value is -2.27. The van der Waals surface area contributed by atoms with Gasteiger partial charge in [-0.05, 0) is 30.2 Å². The zero-order valence-corrected chi connectivity index (χ0v) is 14.3. The van der Waals surface area contributed by atoms with E-state index in [0.717, 1.165) is 17.5 Å². The molecule has 1 aromatic carbocycles. The zero-order valence-electron chi connectivity index (χ0n) is 13.5. The van der Waals surface area contributed by atoms with Crippen molar-refractivity contribution in [2.45, 2.75) is 26.0 Å². The molecule has 1 aliphatic rings. The summed E-state index contributed by atoms with van der Waals surface area (Å²) in [6.07, 6.45) is 2.58. The number of likely N-dealkylation sites (tertiary alicyclic amines) is 1. The summed E-state index contributed by atoms with van der Waals surface area (Å²) in [5, 5.41) is 3.61. The van der Waals surface area contributed by atoms with Gasteiger partial charge in [-0.2, -0.15) is 0 Å². The Balaban J connectivity index is 1.46. The normalized spacial score (nSPS) is 16.9. The van der Waals surface area contributed by atoms with Crippen molar-refractivity contribution in [1.29, 1.82) is 0 Å². The van der Waals surface area contributed by atoms with E-state index in [1.165, 1.54) is 0 Å². The van der Waals surface area contributed by atoms with Crippen LogP contribution in [0.4, 0.5) is 4.79 Å². The molecular weight excluding hydrogens is 326 g/mol. The number of nitrogens with one attached hydrogen (secondary N) is 1. The molecular formula is C18H20ClN3O2. The van der Waals surface area contributed by atoms with Gasteiger partial charge in [-0.3, -0.25) is 0 Å². The van der Waals surface area contributed by atoms with E-state index in [1.54, 1.807) is 11.1 Å². The first-order chi connectivity index (χ1) is 11.6. The van der Waals surface area contributed by atoms with Gasteiger partial charge in [-0.25, -0.2) is 9.78 Å². The molecule has 0 bridgehead atoms. The first-order valence-corrected chi connectivity index (χ1v) is 8.34. The molecule has 1 saturated heterocycles. The lowest BCUT2D eigenvalue weighted by Gasteiger charge is -2.17. The van der Waals surface area contributed by atoms with E-state index < -0.39 is 0 Å². The number of hydrogen-bond acceptors (Lipinski definition) is 3. The second-order valence-electron chi connectivity index (χ2n) is 5.93. The van der Waals surface area contributed by atoms with E-state index in [4.69, 9.17) is 16.3 Å². The number of benzene rings is 1. The topological polar surface area (TPSA) is 54.5 Å². The van der Waals surface area contributed by atoms with Gasteiger partial charge in [0.05, 0.1) is 6.54 Å². The van der Waals surface area contributed by atoms with Crippen molar-refractivity contribution in [1.82, 2.24) is 15.2 Å². The number of urea groups is 1. The molecule has 1 N–H and O–H groups in total. The van der Waals surface area contributed by atoms with Crippen LogP contribution in [0.2, 0.25) is 5.02 Å². The number of hydrogen-bond donors (Lipinski definition) is 1. The lowest BCUT2D eigenvalue weighted by Crippen LogP contribution is -2.39. The van der Waals surface area contributed by atoms with Crippen molar-refractivity contribution in [3.63, 3.8) is 0 Å². The summed E-state index contributed by atoms with van der Waals surface area (Å²) in [5.41, 5.74) is 2.11. The van der Waals surface area contributed by atoms with Gasteiger partial charge in [0.15, 0.2) is 0 Å². The fraction of sp³-hybridized carbons (Fsp3) is 0.333. The molecule has 126 valence electrons. The standard InChI is InChI=1S/C18H20ClN3O2/c1-13-2-7-17(20-10-13)24-16-8-9-22(12-16)18(23)21-11-14-3-5-15(19)6-4-14/h2-7,10,16H,8-9,11-12H2,1H3,(H,21,23)/t16-/m0/s1. The van der Waals surface area contributed by atoms with Gasteiger partial charge >= 0.3 is 6.03 Å². The van der Waals surface area contributed by atoms with Gasteiger partial charge in [-0.1, -0.05) is 29.8 Å². The summed E-state index contributed by atoms with van der Waals surface area (Å²) < 4.78 is 5.84. The number of halogens is 1.